The minimum absolute atomic E-state index is 0.197. The first-order chi connectivity index (χ1) is 12.7. The molecule has 0 bridgehead atoms. The Kier molecular flexibility index (Phi) is 4.68. The van der Waals surface area contributed by atoms with Gasteiger partial charge < -0.3 is 9.47 Å². The number of amides is 1. The summed E-state index contributed by atoms with van der Waals surface area (Å²) in [6, 6.07) is 12.4. The smallest absolute Gasteiger partial charge is 0.223 e. The molecule has 5 nitrogen and oxygen atoms in total. The monoisotopic (exact) mass is 412 g/mol. The Bertz CT molecular complexity index is 929. The number of halogens is 1. The van der Waals surface area contributed by atoms with E-state index in [4.69, 9.17) is 5.10 Å². The molecule has 0 radical (unpaired) electrons. The van der Waals surface area contributed by atoms with Gasteiger partial charge in [-0.3, -0.25) is 4.79 Å². The number of aryl methyl sites for hydroxylation is 1. The Morgan fingerprint density at radius 1 is 1.19 bits per heavy atom. The fraction of sp³-hybridized carbons (Fsp3) is 0.300. The maximum atomic E-state index is 12.4. The number of carbonyl (C=O) groups excluding carboxylic acids is 1. The van der Waals surface area contributed by atoms with Gasteiger partial charge in [-0.25, -0.2) is 4.68 Å². The highest BCUT2D eigenvalue weighted by Crippen LogP contribution is 2.31. The third kappa shape index (κ3) is 3.09. The summed E-state index contributed by atoms with van der Waals surface area (Å²) < 4.78 is 4.08. The molecule has 2 aromatic heterocycles. The average molecular weight is 413 g/mol. The highest BCUT2D eigenvalue weighted by molar-refractivity contribution is 9.09. The van der Waals surface area contributed by atoms with E-state index in [1.807, 2.05) is 40.2 Å². The molecule has 1 aliphatic rings. The number of alkyl halides is 1. The first-order valence-electron chi connectivity index (χ1n) is 8.82. The molecule has 0 atom stereocenters. The molecule has 0 saturated carbocycles. The number of benzene rings is 1. The van der Waals surface area contributed by atoms with Crippen LogP contribution < -0.4 is 0 Å². The minimum Gasteiger partial charge on any atom is -0.332 e. The molecule has 0 aliphatic carbocycles. The molecule has 4 rings (SSSR count). The van der Waals surface area contributed by atoms with Crippen LogP contribution in [0, 0.1) is 6.92 Å². The van der Waals surface area contributed by atoms with Gasteiger partial charge in [-0.1, -0.05) is 28.1 Å². The largest absolute Gasteiger partial charge is 0.332 e. The number of nitrogens with zero attached hydrogens (tertiary/aromatic N) is 4. The lowest BCUT2D eigenvalue weighted by Gasteiger charge is -2.17. The van der Waals surface area contributed by atoms with E-state index in [2.05, 4.69) is 45.6 Å². The molecule has 3 heterocycles. The van der Waals surface area contributed by atoms with Crippen molar-refractivity contribution in [3.63, 3.8) is 0 Å². The second-order valence-corrected chi connectivity index (χ2v) is 7.43. The SMILES string of the molecule is Cc1cccc(-n2nc3c(c2-n2cccc2)CN(C(=O)CCCBr)C3)c1. The van der Waals surface area contributed by atoms with Crippen LogP contribution in [0.25, 0.3) is 11.5 Å². The number of hydrogen-bond donors (Lipinski definition) is 0. The van der Waals surface area contributed by atoms with Crippen molar-refractivity contribution in [2.45, 2.75) is 32.9 Å². The predicted octanol–water partition coefficient (Wildman–Crippen LogP) is 3.99. The standard InChI is InChI=1S/C20H21BrN4O/c1-15-6-4-7-16(12-15)25-20(23-10-2-3-11-23)17-13-24(14-18(17)22-25)19(26)8-5-9-21/h2-4,6-7,10-12H,5,8-9,13-14H2,1H3. The lowest BCUT2D eigenvalue weighted by molar-refractivity contribution is -0.131. The van der Waals surface area contributed by atoms with Crippen LogP contribution in [0.3, 0.4) is 0 Å². The van der Waals surface area contributed by atoms with Crippen molar-refractivity contribution in [1.82, 2.24) is 19.2 Å². The van der Waals surface area contributed by atoms with E-state index in [1.165, 1.54) is 5.56 Å². The van der Waals surface area contributed by atoms with Crippen molar-refractivity contribution in [2.24, 2.45) is 0 Å². The van der Waals surface area contributed by atoms with Crippen LogP contribution in [0.2, 0.25) is 0 Å². The molecule has 0 saturated heterocycles. The first-order valence-corrected chi connectivity index (χ1v) is 9.94. The van der Waals surface area contributed by atoms with Gasteiger partial charge in [0.2, 0.25) is 5.91 Å². The third-order valence-corrected chi connectivity index (χ3v) is 5.26. The Morgan fingerprint density at radius 3 is 2.73 bits per heavy atom. The summed E-state index contributed by atoms with van der Waals surface area (Å²) in [4.78, 5) is 14.3. The molecule has 26 heavy (non-hydrogen) atoms. The molecular weight excluding hydrogens is 392 g/mol. The average Bonchev–Trinajstić information content (AvgIpc) is 3.34. The Balaban J connectivity index is 1.73. The molecule has 0 unspecified atom stereocenters. The molecule has 3 aromatic rings. The topological polar surface area (TPSA) is 43.1 Å². The number of fused-ring (bicyclic) bond motifs is 1. The Labute approximate surface area is 161 Å². The first kappa shape index (κ1) is 17.1. The summed E-state index contributed by atoms with van der Waals surface area (Å²) in [5.74, 6) is 1.22. The van der Waals surface area contributed by atoms with Gasteiger partial charge in [-0.2, -0.15) is 5.10 Å². The Morgan fingerprint density at radius 2 is 2.00 bits per heavy atom. The van der Waals surface area contributed by atoms with Crippen molar-refractivity contribution in [3.05, 3.63) is 65.6 Å². The second-order valence-electron chi connectivity index (χ2n) is 6.63. The van der Waals surface area contributed by atoms with Gasteiger partial charge >= 0.3 is 0 Å². The fourth-order valence-electron chi connectivity index (χ4n) is 3.44. The van der Waals surface area contributed by atoms with Crippen LogP contribution in [0.15, 0.2) is 48.8 Å². The van der Waals surface area contributed by atoms with Crippen molar-refractivity contribution in [3.8, 4) is 11.5 Å². The van der Waals surface area contributed by atoms with E-state index in [0.717, 1.165) is 34.5 Å². The van der Waals surface area contributed by atoms with Gasteiger partial charge in [0.15, 0.2) is 0 Å². The molecule has 0 spiro atoms. The van der Waals surface area contributed by atoms with Gasteiger partial charge in [-0.15, -0.1) is 0 Å². The van der Waals surface area contributed by atoms with Crippen molar-refractivity contribution in [2.75, 3.05) is 5.33 Å². The maximum Gasteiger partial charge on any atom is 0.223 e. The van der Waals surface area contributed by atoms with Gasteiger partial charge in [0, 0.05) is 29.7 Å². The molecule has 1 aliphatic heterocycles. The van der Waals surface area contributed by atoms with Crippen LogP contribution >= 0.6 is 15.9 Å². The molecule has 1 aromatic carbocycles. The van der Waals surface area contributed by atoms with Crippen LogP contribution in [-0.2, 0) is 17.9 Å². The summed E-state index contributed by atoms with van der Waals surface area (Å²) in [6.45, 7) is 3.29. The zero-order valence-corrected chi connectivity index (χ0v) is 16.3. The van der Waals surface area contributed by atoms with Gasteiger partial charge in [0.25, 0.3) is 0 Å². The summed E-state index contributed by atoms with van der Waals surface area (Å²) in [6.07, 6.45) is 5.49. The van der Waals surface area contributed by atoms with E-state index in [9.17, 15) is 4.79 Å². The summed E-state index contributed by atoms with van der Waals surface area (Å²) in [5.41, 5.74) is 4.36. The third-order valence-electron chi connectivity index (χ3n) is 4.70. The molecule has 0 N–H and O–H groups in total. The van der Waals surface area contributed by atoms with E-state index in [-0.39, 0.29) is 5.91 Å². The minimum atomic E-state index is 0.197. The zero-order valence-electron chi connectivity index (χ0n) is 14.7. The van der Waals surface area contributed by atoms with E-state index in [0.29, 0.717) is 19.5 Å². The highest BCUT2D eigenvalue weighted by Gasteiger charge is 2.31. The number of carbonyl (C=O) groups is 1. The summed E-state index contributed by atoms with van der Waals surface area (Å²) in [5, 5.41) is 5.72. The lowest BCUT2D eigenvalue weighted by Crippen LogP contribution is -2.26. The number of aromatic nitrogens is 3. The van der Waals surface area contributed by atoms with E-state index in [1.54, 1.807) is 0 Å². The van der Waals surface area contributed by atoms with Crippen molar-refractivity contribution >= 4 is 21.8 Å². The number of hydrogen-bond acceptors (Lipinski definition) is 2. The molecule has 0 fully saturated rings. The van der Waals surface area contributed by atoms with Crippen LogP contribution in [0.1, 0.15) is 29.7 Å². The van der Waals surface area contributed by atoms with Crippen LogP contribution in [0.4, 0.5) is 0 Å². The van der Waals surface area contributed by atoms with Gasteiger partial charge in [0.05, 0.1) is 24.5 Å². The van der Waals surface area contributed by atoms with Crippen LogP contribution in [-0.4, -0.2) is 30.5 Å². The fourth-order valence-corrected chi connectivity index (χ4v) is 3.72. The highest BCUT2D eigenvalue weighted by atomic mass is 79.9. The quantitative estimate of drug-likeness (QED) is 0.594. The van der Waals surface area contributed by atoms with E-state index < -0.39 is 0 Å². The molecule has 134 valence electrons. The molecular formula is C20H21BrN4O. The zero-order chi connectivity index (χ0) is 18.1. The summed E-state index contributed by atoms with van der Waals surface area (Å²) in [7, 11) is 0. The number of rotatable bonds is 5. The normalized spacial score (nSPS) is 13.2. The Hall–Kier alpha value is -2.34. The second kappa shape index (κ2) is 7.11. The van der Waals surface area contributed by atoms with Crippen molar-refractivity contribution < 1.29 is 4.79 Å². The van der Waals surface area contributed by atoms with E-state index >= 15 is 0 Å². The lowest BCUT2D eigenvalue weighted by atomic mass is 10.2. The van der Waals surface area contributed by atoms with Crippen molar-refractivity contribution in [1.29, 1.82) is 0 Å². The van der Waals surface area contributed by atoms with Crippen LogP contribution in [0.5, 0.6) is 0 Å². The maximum absolute atomic E-state index is 12.4. The van der Waals surface area contributed by atoms with Gasteiger partial charge in [0.1, 0.15) is 5.82 Å². The summed E-state index contributed by atoms with van der Waals surface area (Å²) >= 11 is 3.40. The predicted molar refractivity (Wildman–Crippen MR) is 105 cm³/mol. The molecule has 6 heteroatoms. The van der Waals surface area contributed by atoms with Gasteiger partial charge in [-0.05, 0) is 43.2 Å². The molecule has 1 amide bonds.